The number of piperazine rings is 1. The van der Waals surface area contributed by atoms with Crippen molar-refractivity contribution in [3.63, 3.8) is 0 Å². The molecule has 0 bridgehead atoms. The van der Waals surface area contributed by atoms with Crippen LogP contribution in [0.4, 0.5) is 5.95 Å². The Kier molecular flexibility index (Phi) is 6.90. The van der Waals surface area contributed by atoms with E-state index in [1.165, 1.54) is 5.39 Å². The Balaban J connectivity index is 0.00000256. The summed E-state index contributed by atoms with van der Waals surface area (Å²) in [6, 6.07) is 14.3. The Morgan fingerprint density at radius 1 is 1.07 bits per heavy atom. The molecule has 1 saturated heterocycles. The minimum absolute atomic E-state index is 0. The van der Waals surface area contributed by atoms with E-state index in [0.717, 1.165) is 42.7 Å². The third kappa shape index (κ3) is 4.55. The first-order chi connectivity index (χ1) is 14.0. The minimum Gasteiger partial charge on any atom is -0.344 e. The third-order valence-corrected chi connectivity index (χ3v) is 5.60. The normalized spacial score (nSPS) is 15.5. The number of rotatable bonds is 4. The number of likely N-dealkylation sites (N-methyl/N-ethyl adjacent to an activating group) is 1. The van der Waals surface area contributed by atoms with Gasteiger partial charge in [-0.3, -0.25) is 4.79 Å². The molecule has 3 aromatic rings. The zero-order chi connectivity index (χ0) is 20.4. The van der Waals surface area contributed by atoms with E-state index in [1.54, 1.807) is 6.20 Å². The first kappa shape index (κ1) is 22.0. The number of aromatic nitrogens is 2. The minimum atomic E-state index is -0.166. The molecule has 0 saturated carbocycles. The van der Waals surface area contributed by atoms with Crippen molar-refractivity contribution in [2.24, 2.45) is 0 Å². The number of hydrogen-bond donors (Lipinski definition) is 1. The molecule has 6 nitrogen and oxygen atoms in total. The predicted molar refractivity (Wildman–Crippen MR) is 124 cm³/mol. The molecule has 1 amide bonds. The maximum absolute atomic E-state index is 13.0. The van der Waals surface area contributed by atoms with Crippen molar-refractivity contribution in [1.29, 1.82) is 0 Å². The van der Waals surface area contributed by atoms with Gasteiger partial charge in [-0.25, -0.2) is 9.97 Å². The van der Waals surface area contributed by atoms with Crippen molar-refractivity contribution in [3.05, 3.63) is 65.5 Å². The molecule has 7 heteroatoms. The van der Waals surface area contributed by atoms with Crippen molar-refractivity contribution < 1.29 is 4.79 Å². The molecule has 1 atom stereocenters. The van der Waals surface area contributed by atoms with Gasteiger partial charge in [-0.2, -0.15) is 0 Å². The summed E-state index contributed by atoms with van der Waals surface area (Å²) < 4.78 is 0. The molecule has 158 valence electrons. The molecule has 1 aliphatic heterocycles. The van der Waals surface area contributed by atoms with Crippen LogP contribution in [0.2, 0.25) is 0 Å². The molecule has 2 aromatic carbocycles. The fourth-order valence-corrected chi connectivity index (χ4v) is 3.79. The van der Waals surface area contributed by atoms with Crippen LogP contribution in [0.5, 0.6) is 0 Å². The summed E-state index contributed by atoms with van der Waals surface area (Å²) >= 11 is 0. The van der Waals surface area contributed by atoms with E-state index >= 15 is 0 Å². The average Bonchev–Trinajstić information content (AvgIpc) is 2.74. The summed E-state index contributed by atoms with van der Waals surface area (Å²) in [5.41, 5.74) is 2.33. The molecular formula is C23H28ClN5O. The Bertz CT molecular complexity index is 1030. The molecule has 30 heavy (non-hydrogen) atoms. The second-order valence-corrected chi connectivity index (χ2v) is 7.76. The molecule has 0 unspecified atom stereocenters. The van der Waals surface area contributed by atoms with Gasteiger partial charge in [0.25, 0.3) is 5.91 Å². The summed E-state index contributed by atoms with van der Waals surface area (Å²) in [5, 5.41) is 5.45. The fourth-order valence-electron chi connectivity index (χ4n) is 3.79. The van der Waals surface area contributed by atoms with Gasteiger partial charge >= 0.3 is 0 Å². The SMILES string of the molecule is Cc1cnc(N2CCN(C)CC2)nc1C(=O)N[C@H](C)c1cccc2ccccc12.Cl. The van der Waals surface area contributed by atoms with Gasteiger partial charge in [-0.05, 0) is 42.8 Å². The molecule has 4 rings (SSSR count). The number of halogens is 1. The van der Waals surface area contributed by atoms with E-state index < -0.39 is 0 Å². The Morgan fingerprint density at radius 2 is 1.77 bits per heavy atom. The molecule has 1 fully saturated rings. The van der Waals surface area contributed by atoms with Crippen LogP contribution in [0.3, 0.4) is 0 Å². The van der Waals surface area contributed by atoms with Gasteiger partial charge in [0, 0.05) is 32.4 Å². The average molecular weight is 426 g/mol. The number of carbonyl (C=O) groups excluding carboxylic acids is 1. The quantitative estimate of drug-likeness (QED) is 0.692. The van der Waals surface area contributed by atoms with E-state index in [-0.39, 0.29) is 24.4 Å². The number of hydrogen-bond acceptors (Lipinski definition) is 5. The zero-order valence-electron chi connectivity index (χ0n) is 17.6. The largest absolute Gasteiger partial charge is 0.344 e. The molecule has 1 N–H and O–H groups in total. The molecule has 0 spiro atoms. The molecule has 0 aliphatic carbocycles. The highest BCUT2D eigenvalue weighted by Crippen LogP contribution is 2.24. The van der Waals surface area contributed by atoms with Crippen molar-refractivity contribution in [2.45, 2.75) is 19.9 Å². The Morgan fingerprint density at radius 3 is 2.53 bits per heavy atom. The van der Waals surface area contributed by atoms with E-state index in [4.69, 9.17) is 0 Å². The second-order valence-electron chi connectivity index (χ2n) is 7.76. The maximum Gasteiger partial charge on any atom is 0.270 e. The lowest BCUT2D eigenvalue weighted by molar-refractivity contribution is 0.0934. The zero-order valence-corrected chi connectivity index (χ0v) is 18.4. The van der Waals surface area contributed by atoms with Gasteiger partial charge in [0.2, 0.25) is 5.95 Å². The van der Waals surface area contributed by atoms with Crippen molar-refractivity contribution in [1.82, 2.24) is 20.2 Å². The topological polar surface area (TPSA) is 61.4 Å². The van der Waals surface area contributed by atoms with Crippen LogP contribution >= 0.6 is 12.4 Å². The van der Waals surface area contributed by atoms with Gasteiger partial charge in [0.15, 0.2) is 0 Å². The molecule has 0 radical (unpaired) electrons. The van der Waals surface area contributed by atoms with E-state index in [9.17, 15) is 4.79 Å². The molecular weight excluding hydrogens is 398 g/mol. The number of aryl methyl sites for hydroxylation is 1. The van der Waals surface area contributed by atoms with Crippen LogP contribution in [-0.4, -0.2) is 54.0 Å². The number of fused-ring (bicyclic) bond motifs is 1. The van der Waals surface area contributed by atoms with Crippen molar-refractivity contribution >= 4 is 35.0 Å². The highest BCUT2D eigenvalue weighted by atomic mass is 35.5. The summed E-state index contributed by atoms with van der Waals surface area (Å²) in [5.74, 6) is 0.465. The number of carbonyl (C=O) groups is 1. The maximum atomic E-state index is 13.0. The smallest absolute Gasteiger partial charge is 0.270 e. The Hall–Kier alpha value is -2.70. The van der Waals surface area contributed by atoms with Gasteiger partial charge in [-0.15, -0.1) is 12.4 Å². The van der Waals surface area contributed by atoms with Crippen LogP contribution in [0.15, 0.2) is 48.7 Å². The monoisotopic (exact) mass is 425 g/mol. The van der Waals surface area contributed by atoms with Gasteiger partial charge in [-0.1, -0.05) is 42.5 Å². The Labute approximate surface area is 183 Å². The van der Waals surface area contributed by atoms with Crippen LogP contribution in [0, 0.1) is 6.92 Å². The summed E-state index contributed by atoms with van der Waals surface area (Å²) in [7, 11) is 2.11. The lowest BCUT2D eigenvalue weighted by Crippen LogP contribution is -2.45. The summed E-state index contributed by atoms with van der Waals surface area (Å²) in [4.78, 5) is 26.5. The van der Waals surface area contributed by atoms with Gasteiger partial charge in [0.1, 0.15) is 5.69 Å². The number of anilines is 1. The number of nitrogens with one attached hydrogen (secondary N) is 1. The molecule has 1 aromatic heterocycles. The van der Waals surface area contributed by atoms with Crippen molar-refractivity contribution in [3.8, 4) is 0 Å². The lowest BCUT2D eigenvalue weighted by Gasteiger charge is -2.32. The highest BCUT2D eigenvalue weighted by Gasteiger charge is 2.21. The molecule has 2 heterocycles. The van der Waals surface area contributed by atoms with E-state index in [1.807, 2.05) is 32.0 Å². The van der Waals surface area contributed by atoms with E-state index in [2.05, 4.69) is 56.4 Å². The number of nitrogens with zero attached hydrogens (tertiary/aromatic N) is 4. The fraction of sp³-hybridized carbons (Fsp3) is 0.348. The van der Waals surface area contributed by atoms with Gasteiger partial charge in [0.05, 0.1) is 6.04 Å². The lowest BCUT2D eigenvalue weighted by atomic mass is 9.99. The number of benzene rings is 2. The van der Waals surface area contributed by atoms with Crippen molar-refractivity contribution in [2.75, 3.05) is 38.1 Å². The van der Waals surface area contributed by atoms with Crippen LogP contribution in [0.25, 0.3) is 10.8 Å². The summed E-state index contributed by atoms with van der Waals surface area (Å²) in [6.45, 7) is 7.57. The third-order valence-electron chi connectivity index (χ3n) is 5.60. The highest BCUT2D eigenvalue weighted by molar-refractivity contribution is 5.94. The standard InChI is InChI=1S/C23H27N5O.ClH/c1-16-15-24-23(28-13-11-27(3)12-14-28)26-21(16)22(29)25-17(2)19-10-6-8-18-7-4-5-9-20(18)19;/h4-10,15,17H,11-14H2,1-3H3,(H,25,29);1H/t17-;/m1./s1. The van der Waals surface area contributed by atoms with Crippen LogP contribution in [-0.2, 0) is 0 Å². The first-order valence-electron chi connectivity index (χ1n) is 10.1. The van der Waals surface area contributed by atoms with E-state index in [0.29, 0.717) is 11.6 Å². The van der Waals surface area contributed by atoms with Gasteiger partial charge < -0.3 is 15.1 Å². The summed E-state index contributed by atoms with van der Waals surface area (Å²) in [6.07, 6.45) is 1.75. The predicted octanol–water partition coefficient (Wildman–Crippen LogP) is 3.60. The first-order valence-corrected chi connectivity index (χ1v) is 10.1. The number of amides is 1. The molecule has 1 aliphatic rings. The van der Waals surface area contributed by atoms with Crippen LogP contribution < -0.4 is 10.2 Å². The van der Waals surface area contributed by atoms with Crippen LogP contribution in [0.1, 0.15) is 34.6 Å². The second kappa shape index (κ2) is 9.41.